The van der Waals surface area contributed by atoms with Crippen LogP contribution in [-0.4, -0.2) is 45.9 Å². The monoisotopic (exact) mass is 204 g/mol. The van der Waals surface area contributed by atoms with Gasteiger partial charge in [0.1, 0.15) is 6.61 Å². The van der Waals surface area contributed by atoms with Crippen LogP contribution in [0.25, 0.3) is 0 Å². The van der Waals surface area contributed by atoms with Crippen LogP contribution in [0.5, 0.6) is 0 Å². The molecule has 0 saturated heterocycles. The minimum atomic E-state index is -0.0872. The van der Waals surface area contributed by atoms with Crippen LogP contribution in [0.3, 0.4) is 0 Å². The van der Waals surface area contributed by atoms with Gasteiger partial charge in [0.2, 0.25) is 5.91 Å². The molecule has 0 saturated carbocycles. The van der Waals surface area contributed by atoms with E-state index in [1.807, 2.05) is 0 Å². The number of methoxy groups -OCH3 is 1. The molecule has 0 spiro atoms. The van der Waals surface area contributed by atoms with Gasteiger partial charge in [-0.1, -0.05) is 0 Å². The molecule has 1 amide bonds. The Kier molecular flexibility index (Phi) is 9.95. The summed E-state index contributed by atoms with van der Waals surface area (Å²) in [5, 5.41) is 2.74. The van der Waals surface area contributed by atoms with Crippen molar-refractivity contribution in [2.24, 2.45) is 5.73 Å². The van der Waals surface area contributed by atoms with Crippen molar-refractivity contribution in [2.45, 2.75) is 12.8 Å². The van der Waals surface area contributed by atoms with Gasteiger partial charge >= 0.3 is 0 Å². The molecular weight excluding hydrogens is 184 g/mol. The second kappa shape index (κ2) is 10.4. The highest BCUT2D eigenvalue weighted by Crippen LogP contribution is 1.86. The quantitative estimate of drug-likeness (QED) is 0.497. The minimum Gasteiger partial charge on any atom is -0.385 e. The Labute approximate surface area is 84.9 Å². The second-order valence-corrected chi connectivity index (χ2v) is 2.89. The molecule has 0 bridgehead atoms. The number of amides is 1. The lowest BCUT2D eigenvalue weighted by atomic mass is 10.3. The van der Waals surface area contributed by atoms with Crippen LogP contribution < -0.4 is 11.1 Å². The summed E-state index contributed by atoms with van der Waals surface area (Å²) in [6.07, 6.45) is 1.89. The van der Waals surface area contributed by atoms with Gasteiger partial charge in [0.05, 0.1) is 6.61 Å². The van der Waals surface area contributed by atoms with Crippen molar-refractivity contribution in [3.05, 3.63) is 0 Å². The van der Waals surface area contributed by atoms with Gasteiger partial charge in [-0.3, -0.25) is 4.79 Å². The van der Waals surface area contributed by atoms with Crippen molar-refractivity contribution in [3.8, 4) is 0 Å². The molecule has 0 aromatic heterocycles. The Morgan fingerprint density at radius 1 is 1.36 bits per heavy atom. The van der Waals surface area contributed by atoms with Crippen molar-refractivity contribution < 1.29 is 14.3 Å². The van der Waals surface area contributed by atoms with E-state index in [0.717, 1.165) is 19.4 Å². The molecule has 0 aliphatic carbocycles. The first-order valence-corrected chi connectivity index (χ1v) is 4.84. The molecule has 14 heavy (non-hydrogen) atoms. The van der Waals surface area contributed by atoms with E-state index in [4.69, 9.17) is 15.2 Å². The van der Waals surface area contributed by atoms with Crippen molar-refractivity contribution in [2.75, 3.05) is 40.0 Å². The van der Waals surface area contributed by atoms with Gasteiger partial charge in [0.25, 0.3) is 0 Å². The summed E-state index contributed by atoms with van der Waals surface area (Å²) < 4.78 is 9.84. The summed E-state index contributed by atoms with van der Waals surface area (Å²) >= 11 is 0. The largest absolute Gasteiger partial charge is 0.385 e. The minimum absolute atomic E-state index is 0.0872. The number of hydrogen-bond donors (Lipinski definition) is 2. The van der Waals surface area contributed by atoms with Crippen LogP contribution in [-0.2, 0) is 14.3 Å². The Bertz CT molecular complexity index is 142. The highest BCUT2D eigenvalue weighted by atomic mass is 16.5. The number of carbonyl (C=O) groups excluding carboxylic acids is 1. The summed E-state index contributed by atoms with van der Waals surface area (Å²) in [5.74, 6) is -0.0872. The van der Waals surface area contributed by atoms with E-state index in [9.17, 15) is 4.79 Å². The number of rotatable bonds is 9. The zero-order valence-electron chi connectivity index (χ0n) is 8.75. The molecule has 0 aliphatic rings. The lowest BCUT2D eigenvalue weighted by Gasteiger charge is -2.05. The van der Waals surface area contributed by atoms with Crippen LogP contribution in [0.2, 0.25) is 0 Å². The van der Waals surface area contributed by atoms with Gasteiger partial charge in [0.15, 0.2) is 0 Å². The zero-order valence-corrected chi connectivity index (χ0v) is 8.75. The fourth-order valence-electron chi connectivity index (χ4n) is 0.898. The molecule has 5 nitrogen and oxygen atoms in total. The summed E-state index contributed by atoms with van der Waals surface area (Å²) in [5.41, 5.74) is 5.20. The van der Waals surface area contributed by atoms with E-state index in [1.54, 1.807) is 7.11 Å². The first-order valence-electron chi connectivity index (χ1n) is 4.84. The predicted octanol–water partition coefficient (Wildman–Crippen LogP) is -0.495. The summed E-state index contributed by atoms with van der Waals surface area (Å²) in [4.78, 5) is 11.0. The standard InChI is InChI=1S/C9H20N2O3/c1-13-6-3-2-5-11-9(12)8-14-7-4-10/h2-8,10H2,1H3,(H,11,12). The first-order chi connectivity index (χ1) is 6.81. The molecule has 0 aromatic carbocycles. The van der Waals surface area contributed by atoms with Crippen molar-refractivity contribution in [3.63, 3.8) is 0 Å². The third kappa shape index (κ3) is 9.44. The van der Waals surface area contributed by atoms with Crippen molar-refractivity contribution in [1.29, 1.82) is 0 Å². The Balaban J connectivity index is 3.10. The Morgan fingerprint density at radius 3 is 2.79 bits per heavy atom. The Morgan fingerprint density at radius 2 is 2.14 bits per heavy atom. The van der Waals surface area contributed by atoms with Gasteiger partial charge in [-0.2, -0.15) is 0 Å². The van der Waals surface area contributed by atoms with Gasteiger partial charge < -0.3 is 20.5 Å². The molecule has 3 N–H and O–H groups in total. The van der Waals surface area contributed by atoms with Crippen LogP contribution >= 0.6 is 0 Å². The lowest BCUT2D eigenvalue weighted by Crippen LogP contribution is -2.29. The average Bonchev–Trinajstić information content (AvgIpc) is 2.18. The number of nitrogens with two attached hydrogens (primary N) is 1. The average molecular weight is 204 g/mol. The van der Waals surface area contributed by atoms with Crippen molar-refractivity contribution in [1.82, 2.24) is 5.32 Å². The molecule has 0 rings (SSSR count). The normalized spacial score (nSPS) is 10.1. The van der Waals surface area contributed by atoms with Crippen LogP contribution in [0.4, 0.5) is 0 Å². The number of hydrogen-bond acceptors (Lipinski definition) is 4. The molecule has 0 unspecified atom stereocenters. The maximum absolute atomic E-state index is 11.0. The SMILES string of the molecule is COCCCCNC(=O)COCCN. The van der Waals surface area contributed by atoms with Gasteiger partial charge in [-0.15, -0.1) is 0 Å². The molecule has 0 heterocycles. The highest BCUT2D eigenvalue weighted by Gasteiger charge is 1.99. The molecule has 5 heteroatoms. The third-order valence-corrected chi connectivity index (χ3v) is 1.59. The summed E-state index contributed by atoms with van der Waals surface area (Å²) in [6.45, 7) is 2.38. The van der Waals surface area contributed by atoms with Gasteiger partial charge in [-0.25, -0.2) is 0 Å². The highest BCUT2D eigenvalue weighted by molar-refractivity contribution is 5.77. The smallest absolute Gasteiger partial charge is 0.245 e. The maximum Gasteiger partial charge on any atom is 0.245 e. The van der Waals surface area contributed by atoms with Gasteiger partial charge in [-0.05, 0) is 12.8 Å². The second-order valence-electron chi connectivity index (χ2n) is 2.89. The lowest BCUT2D eigenvalue weighted by molar-refractivity contribution is -0.125. The fraction of sp³-hybridized carbons (Fsp3) is 0.889. The molecule has 84 valence electrons. The predicted molar refractivity (Wildman–Crippen MR) is 54.0 cm³/mol. The summed E-state index contributed by atoms with van der Waals surface area (Å²) in [7, 11) is 1.67. The van der Waals surface area contributed by atoms with E-state index in [2.05, 4.69) is 5.32 Å². The van der Waals surface area contributed by atoms with Gasteiger partial charge in [0, 0.05) is 26.8 Å². The third-order valence-electron chi connectivity index (χ3n) is 1.59. The molecule has 0 fully saturated rings. The Hall–Kier alpha value is -0.650. The number of ether oxygens (including phenoxy) is 2. The molecule has 0 aromatic rings. The summed E-state index contributed by atoms with van der Waals surface area (Å²) in [6, 6.07) is 0. The molecule has 0 atom stereocenters. The van der Waals surface area contributed by atoms with E-state index < -0.39 is 0 Å². The van der Waals surface area contributed by atoms with Crippen LogP contribution in [0.1, 0.15) is 12.8 Å². The van der Waals surface area contributed by atoms with E-state index in [-0.39, 0.29) is 12.5 Å². The van der Waals surface area contributed by atoms with E-state index in [1.165, 1.54) is 0 Å². The topological polar surface area (TPSA) is 73.6 Å². The molecule has 0 radical (unpaired) electrons. The van der Waals surface area contributed by atoms with Crippen LogP contribution in [0.15, 0.2) is 0 Å². The molecular formula is C9H20N2O3. The van der Waals surface area contributed by atoms with E-state index >= 15 is 0 Å². The van der Waals surface area contributed by atoms with Crippen molar-refractivity contribution >= 4 is 5.91 Å². The maximum atomic E-state index is 11.0. The number of unbranched alkanes of at least 4 members (excludes halogenated alkanes) is 1. The fourth-order valence-corrected chi connectivity index (χ4v) is 0.898. The zero-order chi connectivity index (χ0) is 10.6. The van der Waals surface area contributed by atoms with Crippen LogP contribution in [0, 0.1) is 0 Å². The van der Waals surface area contributed by atoms with E-state index in [0.29, 0.717) is 19.7 Å². The number of carbonyl (C=O) groups is 1. The first kappa shape index (κ1) is 13.4. The molecule has 0 aliphatic heterocycles. The number of nitrogens with one attached hydrogen (secondary N) is 1.